The van der Waals surface area contributed by atoms with Crippen LogP contribution < -0.4 is 10.2 Å². The zero-order chi connectivity index (χ0) is 15.2. The lowest BCUT2D eigenvalue weighted by atomic mass is 10.2. The first-order valence-corrected chi connectivity index (χ1v) is 7.69. The van der Waals surface area contributed by atoms with Gasteiger partial charge >= 0.3 is 0 Å². The molecule has 1 saturated heterocycles. The SMILES string of the molecule is COCCc1noc(CN[C@@H]2CCN(c3ccccc3)C2)n1. The molecule has 0 bridgehead atoms. The third-order valence-electron chi connectivity index (χ3n) is 3.89. The van der Waals surface area contributed by atoms with Gasteiger partial charge in [0, 0.05) is 38.3 Å². The third kappa shape index (κ3) is 3.84. The highest BCUT2D eigenvalue weighted by atomic mass is 16.5. The molecule has 3 rings (SSSR count). The van der Waals surface area contributed by atoms with Gasteiger partial charge in [-0.2, -0.15) is 4.98 Å². The van der Waals surface area contributed by atoms with Crippen molar-refractivity contribution in [2.24, 2.45) is 0 Å². The fraction of sp³-hybridized carbons (Fsp3) is 0.500. The molecule has 1 aromatic carbocycles. The number of nitrogens with zero attached hydrogens (tertiary/aromatic N) is 3. The van der Waals surface area contributed by atoms with E-state index < -0.39 is 0 Å². The minimum Gasteiger partial charge on any atom is -0.384 e. The highest BCUT2D eigenvalue weighted by molar-refractivity contribution is 5.47. The van der Waals surface area contributed by atoms with Crippen LogP contribution in [0.2, 0.25) is 0 Å². The second kappa shape index (κ2) is 7.38. The molecule has 1 atom stereocenters. The summed E-state index contributed by atoms with van der Waals surface area (Å²) in [5.74, 6) is 1.35. The maximum atomic E-state index is 5.24. The monoisotopic (exact) mass is 302 g/mol. The van der Waals surface area contributed by atoms with Crippen LogP contribution in [0.3, 0.4) is 0 Å². The Balaban J connectivity index is 1.46. The smallest absolute Gasteiger partial charge is 0.240 e. The number of methoxy groups -OCH3 is 1. The summed E-state index contributed by atoms with van der Waals surface area (Å²) in [4.78, 5) is 6.75. The molecule has 2 heterocycles. The van der Waals surface area contributed by atoms with Crippen LogP contribution in [-0.4, -0.2) is 43.0 Å². The molecule has 0 aliphatic carbocycles. The molecule has 1 aromatic heterocycles. The Hall–Kier alpha value is -1.92. The van der Waals surface area contributed by atoms with E-state index >= 15 is 0 Å². The van der Waals surface area contributed by atoms with Crippen LogP contribution in [0.4, 0.5) is 5.69 Å². The molecular formula is C16H22N4O2. The number of ether oxygens (including phenoxy) is 1. The van der Waals surface area contributed by atoms with E-state index in [2.05, 4.69) is 44.6 Å². The first-order valence-electron chi connectivity index (χ1n) is 7.69. The second-order valence-corrected chi connectivity index (χ2v) is 5.50. The predicted octanol–water partition coefficient (Wildman–Crippen LogP) is 1.63. The molecule has 1 N–H and O–H groups in total. The van der Waals surface area contributed by atoms with Crippen LogP contribution >= 0.6 is 0 Å². The van der Waals surface area contributed by atoms with Crippen molar-refractivity contribution in [1.29, 1.82) is 0 Å². The standard InChI is InChI=1S/C16H22N4O2/c1-21-10-8-15-18-16(22-19-15)11-17-13-7-9-20(12-13)14-5-3-2-4-6-14/h2-6,13,17H,7-12H2,1H3/t13-/m1/s1. The molecule has 22 heavy (non-hydrogen) atoms. The molecule has 0 saturated carbocycles. The van der Waals surface area contributed by atoms with Gasteiger partial charge < -0.3 is 19.5 Å². The number of para-hydroxylation sites is 1. The largest absolute Gasteiger partial charge is 0.384 e. The summed E-state index contributed by atoms with van der Waals surface area (Å²) in [6, 6.07) is 11.0. The fourth-order valence-electron chi connectivity index (χ4n) is 2.69. The molecule has 0 amide bonds. The van der Waals surface area contributed by atoms with E-state index in [0.29, 0.717) is 37.3 Å². The topological polar surface area (TPSA) is 63.4 Å². The van der Waals surface area contributed by atoms with Gasteiger partial charge in [0.2, 0.25) is 5.89 Å². The maximum absolute atomic E-state index is 5.24. The van der Waals surface area contributed by atoms with Crippen molar-refractivity contribution < 1.29 is 9.26 Å². The molecule has 1 fully saturated rings. The Morgan fingerprint density at radius 3 is 3.05 bits per heavy atom. The van der Waals surface area contributed by atoms with Gasteiger partial charge in [-0.1, -0.05) is 23.4 Å². The third-order valence-corrected chi connectivity index (χ3v) is 3.89. The van der Waals surface area contributed by atoms with Crippen LogP contribution in [0.5, 0.6) is 0 Å². The normalized spacial score (nSPS) is 18.0. The van der Waals surface area contributed by atoms with Crippen molar-refractivity contribution in [3.8, 4) is 0 Å². The second-order valence-electron chi connectivity index (χ2n) is 5.50. The first kappa shape index (κ1) is 15.0. The van der Waals surface area contributed by atoms with Gasteiger partial charge in [-0.05, 0) is 18.6 Å². The molecule has 2 aromatic rings. The number of nitrogens with one attached hydrogen (secondary N) is 1. The first-order chi connectivity index (χ1) is 10.8. The molecule has 6 heteroatoms. The Morgan fingerprint density at radius 1 is 1.36 bits per heavy atom. The quantitative estimate of drug-likeness (QED) is 0.838. The number of benzene rings is 1. The maximum Gasteiger partial charge on any atom is 0.240 e. The lowest BCUT2D eigenvalue weighted by Crippen LogP contribution is -2.32. The van der Waals surface area contributed by atoms with Gasteiger partial charge in [-0.25, -0.2) is 0 Å². The van der Waals surface area contributed by atoms with E-state index in [1.54, 1.807) is 7.11 Å². The lowest BCUT2D eigenvalue weighted by Gasteiger charge is -2.18. The lowest BCUT2D eigenvalue weighted by molar-refractivity contribution is 0.199. The number of anilines is 1. The fourth-order valence-corrected chi connectivity index (χ4v) is 2.69. The van der Waals surface area contributed by atoms with Gasteiger partial charge in [0.1, 0.15) is 0 Å². The van der Waals surface area contributed by atoms with Crippen LogP contribution in [0.25, 0.3) is 0 Å². The average Bonchev–Trinajstić information content (AvgIpc) is 3.21. The Labute approximate surface area is 130 Å². The number of hydrogen-bond acceptors (Lipinski definition) is 6. The Morgan fingerprint density at radius 2 is 2.23 bits per heavy atom. The summed E-state index contributed by atoms with van der Waals surface area (Å²) in [6.07, 6.45) is 1.81. The number of aromatic nitrogens is 2. The molecule has 0 spiro atoms. The van der Waals surface area contributed by atoms with Gasteiger partial charge in [0.15, 0.2) is 5.82 Å². The van der Waals surface area contributed by atoms with Crippen LogP contribution in [-0.2, 0) is 17.7 Å². The summed E-state index contributed by atoms with van der Waals surface area (Å²) in [5, 5.41) is 7.44. The molecule has 118 valence electrons. The van der Waals surface area contributed by atoms with Crippen molar-refractivity contribution in [1.82, 2.24) is 15.5 Å². The van der Waals surface area contributed by atoms with Crippen molar-refractivity contribution in [2.75, 3.05) is 31.7 Å². The summed E-state index contributed by atoms with van der Waals surface area (Å²) in [5.41, 5.74) is 1.28. The van der Waals surface area contributed by atoms with Gasteiger partial charge in [0.05, 0.1) is 13.2 Å². The average molecular weight is 302 g/mol. The van der Waals surface area contributed by atoms with E-state index in [0.717, 1.165) is 19.5 Å². The van der Waals surface area contributed by atoms with Crippen molar-refractivity contribution in [3.63, 3.8) is 0 Å². The highest BCUT2D eigenvalue weighted by Crippen LogP contribution is 2.19. The summed E-state index contributed by atoms with van der Waals surface area (Å²) in [7, 11) is 1.67. The van der Waals surface area contributed by atoms with Crippen LogP contribution in [0, 0.1) is 0 Å². The molecule has 0 unspecified atom stereocenters. The minimum atomic E-state index is 0.453. The van der Waals surface area contributed by atoms with Crippen molar-refractivity contribution in [3.05, 3.63) is 42.0 Å². The molecular weight excluding hydrogens is 280 g/mol. The molecule has 1 aliphatic heterocycles. The zero-order valence-corrected chi connectivity index (χ0v) is 12.9. The molecule has 1 aliphatic rings. The van der Waals surface area contributed by atoms with Crippen LogP contribution in [0.15, 0.2) is 34.9 Å². The summed E-state index contributed by atoms with van der Waals surface area (Å²) < 4.78 is 10.2. The van der Waals surface area contributed by atoms with Gasteiger partial charge in [-0.15, -0.1) is 0 Å². The van der Waals surface area contributed by atoms with Gasteiger partial charge in [-0.3, -0.25) is 0 Å². The van der Waals surface area contributed by atoms with Crippen molar-refractivity contribution >= 4 is 5.69 Å². The Kier molecular flexibility index (Phi) is 5.03. The summed E-state index contributed by atoms with van der Waals surface area (Å²) in [6.45, 7) is 3.31. The Bertz CT molecular complexity index is 573. The highest BCUT2D eigenvalue weighted by Gasteiger charge is 2.22. The van der Waals surface area contributed by atoms with E-state index in [1.807, 2.05) is 6.07 Å². The van der Waals surface area contributed by atoms with E-state index in [9.17, 15) is 0 Å². The van der Waals surface area contributed by atoms with Gasteiger partial charge in [0.25, 0.3) is 0 Å². The van der Waals surface area contributed by atoms with Crippen molar-refractivity contribution in [2.45, 2.75) is 25.4 Å². The number of hydrogen-bond donors (Lipinski definition) is 1. The van der Waals surface area contributed by atoms with E-state index in [-0.39, 0.29) is 0 Å². The van der Waals surface area contributed by atoms with E-state index in [4.69, 9.17) is 9.26 Å². The minimum absolute atomic E-state index is 0.453. The van der Waals surface area contributed by atoms with E-state index in [1.165, 1.54) is 5.69 Å². The number of rotatable bonds is 7. The molecule has 0 radical (unpaired) electrons. The van der Waals surface area contributed by atoms with Crippen LogP contribution in [0.1, 0.15) is 18.1 Å². The summed E-state index contributed by atoms with van der Waals surface area (Å²) >= 11 is 0. The molecule has 6 nitrogen and oxygen atoms in total. The zero-order valence-electron chi connectivity index (χ0n) is 12.9. The predicted molar refractivity (Wildman–Crippen MR) is 83.8 cm³/mol.